The van der Waals surface area contributed by atoms with Gasteiger partial charge in [0, 0.05) is 23.1 Å². The van der Waals surface area contributed by atoms with E-state index in [1.54, 1.807) is 30.0 Å². The highest BCUT2D eigenvalue weighted by atomic mass is 35.5. The van der Waals surface area contributed by atoms with Gasteiger partial charge >= 0.3 is 0 Å². The molecule has 0 spiro atoms. The lowest BCUT2D eigenvalue weighted by molar-refractivity contribution is -0.140. The smallest absolute Gasteiger partial charge is 0.242 e. The molecule has 0 aromatic heterocycles. The second-order valence-corrected chi connectivity index (χ2v) is 8.08. The van der Waals surface area contributed by atoms with Gasteiger partial charge in [-0.15, -0.1) is 0 Å². The Balaban J connectivity index is 2.20. The topological polar surface area (TPSA) is 49.4 Å². The third-order valence-corrected chi connectivity index (χ3v) is 4.99. The zero-order valence-corrected chi connectivity index (χ0v) is 17.9. The van der Waals surface area contributed by atoms with Crippen LogP contribution < -0.4 is 5.32 Å². The van der Waals surface area contributed by atoms with Crippen molar-refractivity contribution < 1.29 is 9.59 Å². The molecule has 0 radical (unpaired) electrons. The highest BCUT2D eigenvalue weighted by Crippen LogP contribution is 2.22. The first-order chi connectivity index (χ1) is 13.3. The summed E-state index contributed by atoms with van der Waals surface area (Å²) >= 11 is 12.2. The molecule has 0 saturated heterocycles. The Hall–Kier alpha value is -2.04. The standard InChI is InChI=1S/C22H26Cl2N2O2/c1-15(2)13-25-22(28)16(3)26(14-17-7-5-4-6-8-17)21(27)11-18-9-10-19(23)12-20(18)24/h4-10,12,15-16H,11,13-14H2,1-3H3,(H,25,28)/t16-/m0/s1. The van der Waals surface area contributed by atoms with E-state index in [4.69, 9.17) is 23.2 Å². The number of carbonyl (C=O) groups is 2. The fraction of sp³-hybridized carbons (Fsp3) is 0.364. The van der Waals surface area contributed by atoms with E-state index in [9.17, 15) is 9.59 Å². The molecule has 0 bridgehead atoms. The van der Waals surface area contributed by atoms with E-state index >= 15 is 0 Å². The number of hydrogen-bond acceptors (Lipinski definition) is 2. The van der Waals surface area contributed by atoms with Crippen LogP contribution in [0.25, 0.3) is 0 Å². The minimum Gasteiger partial charge on any atom is -0.354 e. The molecule has 28 heavy (non-hydrogen) atoms. The van der Waals surface area contributed by atoms with Crippen LogP contribution in [0, 0.1) is 5.92 Å². The number of benzene rings is 2. The first-order valence-electron chi connectivity index (χ1n) is 9.33. The molecule has 0 unspecified atom stereocenters. The predicted molar refractivity (Wildman–Crippen MR) is 114 cm³/mol. The van der Waals surface area contributed by atoms with Crippen molar-refractivity contribution in [1.29, 1.82) is 0 Å². The maximum Gasteiger partial charge on any atom is 0.242 e. The van der Waals surface area contributed by atoms with Crippen LogP contribution in [0.5, 0.6) is 0 Å². The highest BCUT2D eigenvalue weighted by molar-refractivity contribution is 6.35. The van der Waals surface area contributed by atoms with Gasteiger partial charge in [-0.3, -0.25) is 9.59 Å². The summed E-state index contributed by atoms with van der Waals surface area (Å²) in [6.45, 7) is 6.72. The Morgan fingerprint density at radius 1 is 1.04 bits per heavy atom. The van der Waals surface area contributed by atoms with E-state index in [2.05, 4.69) is 5.32 Å². The van der Waals surface area contributed by atoms with E-state index in [0.29, 0.717) is 34.6 Å². The molecule has 4 nitrogen and oxygen atoms in total. The number of rotatable bonds is 8. The summed E-state index contributed by atoms with van der Waals surface area (Å²) in [5.41, 5.74) is 1.64. The lowest BCUT2D eigenvalue weighted by Crippen LogP contribution is -2.48. The first kappa shape index (κ1) is 22.3. The molecule has 2 rings (SSSR count). The summed E-state index contributed by atoms with van der Waals surface area (Å²) in [5, 5.41) is 3.87. The summed E-state index contributed by atoms with van der Waals surface area (Å²) in [6.07, 6.45) is 0.102. The number of halogens is 2. The van der Waals surface area contributed by atoms with Gasteiger partial charge in [-0.1, -0.05) is 73.4 Å². The van der Waals surface area contributed by atoms with Gasteiger partial charge < -0.3 is 10.2 Å². The lowest BCUT2D eigenvalue weighted by atomic mass is 10.1. The zero-order chi connectivity index (χ0) is 20.7. The van der Waals surface area contributed by atoms with Crippen molar-refractivity contribution in [3.05, 3.63) is 69.7 Å². The van der Waals surface area contributed by atoms with Gasteiger partial charge in [0.1, 0.15) is 6.04 Å². The Morgan fingerprint density at radius 3 is 2.32 bits per heavy atom. The van der Waals surface area contributed by atoms with Gasteiger partial charge in [0.15, 0.2) is 0 Å². The fourth-order valence-corrected chi connectivity index (χ4v) is 3.22. The molecular formula is C22H26Cl2N2O2. The summed E-state index contributed by atoms with van der Waals surface area (Å²) in [5.74, 6) is 0.00255. The summed E-state index contributed by atoms with van der Waals surface area (Å²) in [4.78, 5) is 27.3. The Kier molecular flexibility index (Phi) is 8.34. The van der Waals surface area contributed by atoms with Crippen molar-refractivity contribution in [3.8, 4) is 0 Å². The Bertz CT molecular complexity index is 809. The van der Waals surface area contributed by atoms with Gasteiger partial charge in [-0.25, -0.2) is 0 Å². The van der Waals surface area contributed by atoms with E-state index in [1.807, 2.05) is 44.2 Å². The molecule has 2 aromatic carbocycles. The minimum atomic E-state index is -0.600. The zero-order valence-electron chi connectivity index (χ0n) is 16.4. The van der Waals surface area contributed by atoms with Crippen LogP contribution in [0.4, 0.5) is 0 Å². The average molecular weight is 421 g/mol. The quantitative estimate of drug-likeness (QED) is 0.670. The number of amides is 2. The van der Waals surface area contributed by atoms with Crippen LogP contribution in [0.2, 0.25) is 10.0 Å². The van der Waals surface area contributed by atoms with Crippen molar-refractivity contribution in [3.63, 3.8) is 0 Å². The molecule has 0 heterocycles. The number of nitrogens with zero attached hydrogens (tertiary/aromatic N) is 1. The molecule has 150 valence electrons. The molecular weight excluding hydrogens is 395 g/mol. The Labute approximate surface area is 176 Å². The SMILES string of the molecule is CC(C)CNC(=O)[C@H](C)N(Cc1ccccc1)C(=O)Cc1ccc(Cl)cc1Cl. The molecule has 6 heteroatoms. The normalized spacial score (nSPS) is 11.9. The van der Waals surface area contributed by atoms with E-state index < -0.39 is 6.04 Å². The van der Waals surface area contributed by atoms with Crippen molar-refractivity contribution in [2.75, 3.05) is 6.54 Å². The number of carbonyl (C=O) groups excluding carboxylic acids is 2. The third-order valence-electron chi connectivity index (χ3n) is 4.40. The van der Waals surface area contributed by atoms with Crippen molar-refractivity contribution in [2.24, 2.45) is 5.92 Å². The molecule has 0 aliphatic carbocycles. The average Bonchev–Trinajstić information content (AvgIpc) is 2.66. The minimum absolute atomic E-state index is 0.102. The third kappa shape index (κ3) is 6.54. The van der Waals surface area contributed by atoms with E-state index in [1.165, 1.54) is 0 Å². The lowest BCUT2D eigenvalue weighted by Gasteiger charge is -2.29. The number of hydrogen-bond donors (Lipinski definition) is 1. The van der Waals surface area contributed by atoms with Gasteiger partial charge in [0.05, 0.1) is 6.42 Å². The van der Waals surface area contributed by atoms with E-state index in [-0.39, 0.29) is 18.2 Å². The highest BCUT2D eigenvalue weighted by Gasteiger charge is 2.26. The molecule has 2 aromatic rings. The van der Waals surface area contributed by atoms with Crippen LogP contribution >= 0.6 is 23.2 Å². The summed E-state index contributed by atoms with van der Waals surface area (Å²) in [6, 6.07) is 14.1. The largest absolute Gasteiger partial charge is 0.354 e. The van der Waals surface area contributed by atoms with E-state index in [0.717, 1.165) is 5.56 Å². The Morgan fingerprint density at radius 2 is 1.71 bits per heavy atom. The van der Waals surface area contributed by atoms with Crippen molar-refractivity contribution in [1.82, 2.24) is 10.2 Å². The monoisotopic (exact) mass is 420 g/mol. The molecule has 2 amide bonds. The van der Waals surface area contributed by atoms with Crippen molar-refractivity contribution >= 4 is 35.0 Å². The maximum atomic E-state index is 13.1. The van der Waals surface area contributed by atoms with Gasteiger partial charge in [-0.2, -0.15) is 0 Å². The second-order valence-electron chi connectivity index (χ2n) is 7.23. The van der Waals surface area contributed by atoms with Gasteiger partial charge in [0.2, 0.25) is 11.8 Å². The van der Waals surface area contributed by atoms with Crippen LogP contribution in [0.1, 0.15) is 31.9 Å². The molecule has 0 aliphatic rings. The summed E-state index contributed by atoms with van der Waals surface area (Å²) in [7, 11) is 0. The van der Waals surface area contributed by atoms with Gasteiger partial charge in [0.25, 0.3) is 0 Å². The molecule has 0 aliphatic heterocycles. The molecule has 1 N–H and O–H groups in total. The van der Waals surface area contributed by atoms with Crippen LogP contribution in [0.3, 0.4) is 0 Å². The van der Waals surface area contributed by atoms with Gasteiger partial charge in [-0.05, 0) is 36.1 Å². The van der Waals surface area contributed by atoms with Crippen molar-refractivity contribution in [2.45, 2.75) is 39.8 Å². The second kappa shape index (κ2) is 10.5. The fourth-order valence-electron chi connectivity index (χ4n) is 2.74. The van der Waals surface area contributed by atoms with Crippen LogP contribution in [0.15, 0.2) is 48.5 Å². The maximum absolute atomic E-state index is 13.1. The molecule has 1 atom stereocenters. The molecule has 0 saturated carbocycles. The first-order valence-corrected chi connectivity index (χ1v) is 10.1. The number of nitrogens with one attached hydrogen (secondary N) is 1. The van der Waals surface area contributed by atoms with Crippen LogP contribution in [-0.2, 0) is 22.6 Å². The predicted octanol–water partition coefficient (Wildman–Crippen LogP) is 4.73. The summed E-state index contributed by atoms with van der Waals surface area (Å²) < 4.78 is 0. The molecule has 0 fully saturated rings. The van der Waals surface area contributed by atoms with Crippen LogP contribution in [-0.4, -0.2) is 29.3 Å².